The monoisotopic (exact) mass is 367 g/mol. The fraction of sp³-hybridized carbons (Fsp3) is 0.250. The van der Waals surface area contributed by atoms with E-state index < -0.39 is 0 Å². The summed E-state index contributed by atoms with van der Waals surface area (Å²) < 4.78 is 1.81. The van der Waals surface area contributed by atoms with Gasteiger partial charge in [-0.25, -0.2) is 4.68 Å². The Bertz CT molecular complexity index is 956. The molecule has 0 radical (unpaired) electrons. The molecule has 2 aromatic heterocycles. The molecule has 0 atom stereocenters. The molecule has 0 aliphatic rings. The summed E-state index contributed by atoms with van der Waals surface area (Å²) in [6.45, 7) is 5.89. The van der Waals surface area contributed by atoms with Gasteiger partial charge in [0, 0.05) is 45.7 Å². The first-order valence-corrected chi connectivity index (χ1v) is 9.27. The number of benzene rings is 1. The molecule has 0 spiro atoms. The maximum Gasteiger partial charge on any atom is 0.224 e. The van der Waals surface area contributed by atoms with Crippen molar-refractivity contribution in [3.05, 3.63) is 63.6 Å². The van der Waals surface area contributed by atoms with Crippen molar-refractivity contribution in [2.45, 2.75) is 33.6 Å². The van der Waals surface area contributed by atoms with Gasteiger partial charge in [-0.1, -0.05) is 6.07 Å². The highest BCUT2D eigenvalue weighted by molar-refractivity contribution is 7.12. The van der Waals surface area contributed by atoms with Gasteiger partial charge in [-0.3, -0.25) is 9.59 Å². The van der Waals surface area contributed by atoms with Crippen molar-refractivity contribution in [3.63, 3.8) is 0 Å². The van der Waals surface area contributed by atoms with Gasteiger partial charge in [0.05, 0.1) is 5.69 Å². The molecule has 0 aliphatic heterocycles. The molecule has 6 heteroatoms. The third-order valence-electron chi connectivity index (χ3n) is 4.13. The van der Waals surface area contributed by atoms with Crippen LogP contribution in [0.4, 0.5) is 5.69 Å². The van der Waals surface area contributed by atoms with Crippen molar-refractivity contribution in [1.29, 1.82) is 0 Å². The number of carbonyl (C=O) groups excluding carboxylic acids is 2. The molecule has 1 amide bonds. The van der Waals surface area contributed by atoms with Gasteiger partial charge in [-0.2, -0.15) is 5.10 Å². The molecule has 5 nitrogen and oxygen atoms in total. The van der Waals surface area contributed by atoms with Crippen LogP contribution in [0.2, 0.25) is 0 Å². The molecule has 1 aromatic carbocycles. The van der Waals surface area contributed by atoms with Crippen LogP contribution in [0.5, 0.6) is 0 Å². The van der Waals surface area contributed by atoms with E-state index in [0.29, 0.717) is 5.69 Å². The minimum absolute atomic E-state index is 0.0166. The highest BCUT2D eigenvalue weighted by Gasteiger charge is 2.14. The lowest BCUT2D eigenvalue weighted by Gasteiger charge is -2.09. The number of rotatable bonds is 6. The number of Topliss-reactive ketones (excluding diaryl/α,β-unsaturated/α-hetero) is 1. The van der Waals surface area contributed by atoms with Crippen molar-refractivity contribution < 1.29 is 9.59 Å². The number of hydrogen-bond donors (Lipinski definition) is 1. The van der Waals surface area contributed by atoms with Gasteiger partial charge in [0.15, 0.2) is 5.78 Å². The smallest absolute Gasteiger partial charge is 0.224 e. The Hall–Kier alpha value is -2.73. The Morgan fingerprint density at radius 2 is 1.92 bits per heavy atom. The summed E-state index contributed by atoms with van der Waals surface area (Å²) in [5.41, 5.74) is 3.32. The Kier molecular flexibility index (Phi) is 5.32. The van der Waals surface area contributed by atoms with Crippen LogP contribution in [0.25, 0.3) is 5.69 Å². The Labute approximate surface area is 156 Å². The minimum Gasteiger partial charge on any atom is -0.326 e. The fourth-order valence-corrected chi connectivity index (χ4v) is 3.79. The summed E-state index contributed by atoms with van der Waals surface area (Å²) in [6.07, 6.45) is 2.11. The van der Waals surface area contributed by atoms with Gasteiger partial charge >= 0.3 is 0 Å². The van der Waals surface area contributed by atoms with E-state index in [1.54, 1.807) is 22.2 Å². The molecule has 0 aliphatic carbocycles. The maximum atomic E-state index is 12.3. The van der Waals surface area contributed by atoms with E-state index in [2.05, 4.69) is 10.4 Å². The predicted molar refractivity (Wildman–Crippen MR) is 104 cm³/mol. The van der Waals surface area contributed by atoms with E-state index in [9.17, 15) is 9.59 Å². The van der Waals surface area contributed by atoms with Crippen LogP contribution >= 0.6 is 11.3 Å². The van der Waals surface area contributed by atoms with Gasteiger partial charge < -0.3 is 5.32 Å². The summed E-state index contributed by atoms with van der Waals surface area (Å²) in [6, 6.07) is 11.3. The van der Waals surface area contributed by atoms with Crippen LogP contribution in [0.1, 0.15) is 38.6 Å². The zero-order chi connectivity index (χ0) is 18.7. The Morgan fingerprint density at radius 1 is 1.12 bits per heavy atom. The predicted octanol–water partition coefficient (Wildman–Crippen LogP) is 4.46. The van der Waals surface area contributed by atoms with E-state index in [4.69, 9.17) is 0 Å². The van der Waals surface area contributed by atoms with E-state index in [0.717, 1.165) is 26.7 Å². The molecule has 0 bridgehead atoms. The van der Waals surface area contributed by atoms with Crippen LogP contribution in [-0.4, -0.2) is 21.5 Å². The molecule has 0 saturated heterocycles. The number of anilines is 1. The lowest BCUT2D eigenvalue weighted by molar-refractivity contribution is -0.116. The molecular weight excluding hydrogens is 346 g/mol. The second-order valence-electron chi connectivity index (χ2n) is 6.23. The van der Waals surface area contributed by atoms with Gasteiger partial charge in [0.25, 0.3) is 0 Å². The van der Waals surface area contributed by atoms with Crippen LogP contribution < -0.4 is 5.32 Å². The topological polar surface area (TPSA) is 64.0 Å². The van der Waals surface area contributed by atoms with Crippen LogP contribution in [-0.2, 0) is 4.79 Å². The largest absolute Gasteiger partial charge is 0.326 e. The second kappa shape index (κ2) is 7.66. The van der Waals surface area contributed by atoms with Crippen LogP contribution in [0.15, 0.2) is 42.6 Å². The molecule has 0 unspecified atom stereocenters. The highest BCUT2D eigenvalue weighted by atomic mass is 32.1. The van der Waals surface area contributed by atoms with Crippen molar-refractivity contribution in [2.24, 2.45) is 0 Å². The van der Waals surface area contributed by atoms with E-state index >= 15 is 0 Å². The highest BCUT2D eigenvalue weighted by Crippen LogP contribution is 2.22. The first kappa shape index (κ1) is 18.1. The normalized spacial score (nSPS) is 10.7. The molecule has 134 valence electrons. The van der Waals surface area contributed by atoms with Gasteiger partial charge in [0.1, 0.15) is 0 Å². The number of ketones is 1. The number of carbonyl (C=O) groups is 2. The molecule has 0 saturated carbocycles. The van der Waals surface area contributed by atoms with Crippen LogP contribution in [0.3, 0.4) is 0 Å². The summed E-state index contributed by atoms with van der Waals surface area (Å²) >= 11 is 1.61. The van der Waals surface area contributed by atoms with E-state index in [1.807, 2.05) is 57.2 Å². The molecule has 0 fully saturated rings. The molecular formula is C20H21N3O2S. The second-order valence-corrected chi connectivity index (χ2v) is 7.69. The number of nitrogens with one attached hydrogen (secondary N) is 1. The zero-order valence-electron chi connectivity index (χ0n) is 15.1. The number of hydrogen-bond acceptors (Lipinski definition) is 4. The van der Waals surface area contributed by atoms with Crippen molar-refractivity contribution in [3.8, 4) is 5.69 Å². The SMILES string of the molecule is Cc1cc(C(=O)CCC(=O)Nc2cccc(-n3nccc3C)c2)c(C)s1. The lowest BCUT2D eigenvalue weighted by atomic mass is 10.1. The first-order valence-electron chi connectivity index (χ1n) is 8.45. The van der Waals surface area contributed by atoms with Crippen LogP contribution in [0, 0.1) is 20.8 Å². The summed E-state index contributed by atoms with van der Waals surface area (Å²) in [5.74, 6) is -0.153. The maximum absolute atomic E-state index is 12.3. The van der Waals surface area contributed by atoms with Crippen molar-refractivity contribution in [2.75, 3.05) is 5.32 Å². The number of aryl methyl sites for hydroxylation is 3. The molecule has 2 heterocycles. The third-order valence-corrected chi connectivity index (χ3v) is 5.09. The Balaban J connectivity index is 1.61. The van der Waals surface area contributed by atoms with Crippen molar-refractivity contribution >= 4 is 28.7 Å². The molecule has 3 aromatic rings. The molecule has 1 N–H and O–H groups in total. The molecule has 26 heavy (non-hydrogen) atoms. The number of nitrogens with zero attached hydrogens (tertiary/aromatic N) is 2. The number of amides is 1. The lowest BCUT2D eigenvalue weighted by Crippen LogP contribution is -2.14. The Morgan fingerprint density at radius 3 is 2.58 bits per heavy atom. The standard InChI is InChI=1S/C20H21N3O2S/c1-13-9-10-21-23(13)17-6-4-5-16(12-17)22-20(25)8-7-19(24)18-11-14(2)26-15(18)3/h4-6,9-12H,7-8H2,1-3H3,(H,22,25). The number of thiophene rings is 1. The van der Waals surface area contributed by atoms with E-state index in [-0.39, 0.29) is 24.5 Å². The summed E-state index contributed by atoms with van der Waals surface area (Å²) in [5, 5.41) is 7.13. The average Bonchev–Trinajstić information content (AvgIpc) is 3.18. The number of aromatic nitrogens is 2. The average molecular weight is 367 g/mol. The molecule has 3 rings (SSSR count). The first-order chi connectivity index (χ1) is 12.4. The fourth-order valence-electron chi connectivity index (χ4n) is 2.85. The van der Waals surface area contributed by atoms with Gasteiger partial charge in [-0.15, -0.1) is 11.3 Å². The summed E-state index contributed by atoms with van der Waals surface area (Å²) in [7, 11) is 0. The van der Waals surface area contributed by atoms with Gasteiger partial charge in [0.2, 0.25) is 5.91 Å². The van der Waals surface area contributed by atoms with Gasteiger partial charge in [-0.05, 0) is 51.1 Å². The third kappa shape index (κ3) is 4.08. The van der Waals surface area contributed by atoms with E-state index in [1.165, 1.54) is 0 Å². The van der Waals surface area contributed by atoms with Crippen molar-refractivity contribution in [1.82, 2.24) is 9.78 Å². The quantitative estimate of drug-likeness (QED) is 0.654. The zero-order valence-corrected chi connectivity index (χ0v) is 15.9. The minimum atomic E-state index is -0.169. The summed E-state index contributed by atoms with van der Waals surface area (Å²) in [4.78, 5) is 26.6.